The number of hydrogen-bond acceptors (Lipinski definition) is 2. The van der Waals surface area contributed by atoms with E-state index in [-0.39, 0.29) is 11.8 Å². The number of carbonyl (C=O) groups is 1. The predicted octanol–water partition coefficient (Wildman–Crippen LogP) is 0.0313. The topological polar surface area (TPSA) is 34.0 Å². The number of nitrogens with one attached hydrogen (secondary N) is 1. The number of quaternary nitrogens is 1. The van der Waals surface area contributed by atoms with Gasteiger partial charge in [0.15, 0.2) is 0 Å². The minimum atomic E-state index is 0.0428. The van der Waals surface area contributed by atoms with Crippen LogP contribution in [0.25, 0.3) is 0 Å². The lowest BCUT2D eigenvalue weighted by Crippen LogP contribution is -3.15. The third-order valence-electron chi connectivity index (χ3n) is 3.41. The van der Waals surface area contributed by atoms with Gasteiger partial charge in [0, 0.05) is 0 Å². The van der Waals surface area contributed by atoms with Gasteiger partial charge in [0.05, 0.1) is 26.2 Å². The maximum absolute atomic E-state index is 11.4. The number of alkyl halides is 1. The standard InChI is InChI=1S/C14H19ClN2O2/c15-12-14(18)17-8-6-16(7-9-17)10-11-19-13-4-2-1-3-5-13/h1-5H,6-12H2/p+1. The Kier molecular flexibility index (Phi) is 5.48. The zero-order valence-corrected chi connectivity index (χ0v) is 11.7. The minimum Gasteiger partial charge on any atom is -0.488 e. The lowest BCUT2D eigenvalue weighted by molar-refractivity contribution is -0.904. The smallest absolute Gasteiger partial charge is 0.237 e. The van der Waals surface area contributed by atoms with Gasteiger partial charge in [-0.25, -0.2) is 0 Å². The van der Waals surface area contributed by atoms with Crippen molar-refractivity contribution in [2.24, 2.45) is 0 Å². The molecule has 1 aliphatic heterocycles. The lowest BCUT2D eigenvalue weighted by Gasteiger charge is -2.31. The second kappa shape index (κ2) is 7.36. The third kappa shape index (κ3) is 4.40. The Morgan fingerprint density at radius 2 is 1.95 bits per heavy atom. The maximum atomic E-state index is 11.4. The number of para-hydroxylation sites is 1. The molecule has 1 aromatic carbocycles. The predicted molar refractivity (Wildman–Crippen MR) is 74.8 cm³/mol. The quantitative estimate of drug-likeness (QED) is 0.774. The van der Waals surface area contributed by atoms with Crippen LogP contribution < -0.4 is 9.64 Å². The molecule has 1 aromatic rings. The molecule has 1 amide bonds. The average molecular weight is 284 g/mol. The summed E-state index contributed by atoms with van der Waals surface area (Å²) in [5.41, 5.74) is 0. The molecule has 1 N–H and O–H groups in total. The SMILES string of the molecule is O=C(CCl)N1CC[NH+](CCOc2ccccc2)CC1. The van der Waals surface area contributed by atoms with Gasteiger partial charge in [0.25, 0.3) is 0 Å². The van der Waals surface area contributed by atoms with Crippen LogP contribution >= 0.6 is 11.6 Å². The first-order valence-corrected chi connectivity index (χ1v) is 7.18. The summed E-state index contributed by atoms with van der Waals surface area (Å²) in [6.07, 6.45) is 0. The minimum absolute atomic E-state index is 0.0428. The highest BCUT2D eigenvalue weighted by molar-refractivity contribution is 6.27. The molecule has 0 atom stereocenters. The molecule has 0 radical (unpaired) electrons. The summed E-state index contributed by atoms with van der Waals surface area (Å²) in [4.78, 5) is 14.8. The van der Waals surface area contributed by atoms with E-state index < -0.39 is 0 Å². The molecule has 1 saturated heterocycles. The van der Waals surface area contributed by atoms with Crippen molar-refractivity contribution in [2.75, 3.05) is 45.2 Å². The largest absolute Gasteiger partial charge is 0.488 e. The molecule has 4 nitrogen and oxygen atoms in total. The van der Waals surface area contributed by atoms with Crippen LogP contribution in [0, 0.1) is 0 Å². The lowest BCUT2D eigenvalue weighted by atomic mass is 10.3. The van der Waals surface area contributed by atoms with Gasteiger partial charge < -0.3 is 14.5 Å². The molecular weight excluding hydrogens is 264 g/mol. The summed E-state index contributed by atoms with van der Waals surface area (Å²) in [6.45, 7) is 5.22. The van der Waals surface area contributed by atoms with Crippen molar-refractivity contribution in [1.29, 1.82) is 0 Å². The fraction of sp³-hybridized carbons (Fsp3) is 0.500. The number of halogens is 1. The molecule has 0 unspecified atom stereocenters. The Morgan fingerprint density at radius 1 is 1.26 bits per heavy atom. The van der Waals surface area contributed by atoms with E-state index in [1.54, 1.807) is 0 Å². The molecular formula is C14H20ClN2O2+. The van der Waals surface area contributed by atoms with Crippen LogP contribution in [0.2, 0.25) is 0 Å². The van der Waals surface area contributed by atoms with Crippen molar-refractivity contribution in [2.45, 2.75) is 0 Å². The number of amides is 1. The summed E-state index contributed by atoms with van der Waals surface area (Å²) in [5, 5.41) is 0. The molecule has 1 aliphatic rings. The van der Waals surface area contributed by atoms with Crippen molar-refractivity contribution in [3.05, 3.63) is 30.3 Å². The first kappa shape index (κ1) is 14.2. The van der Waals surface area contributed by atoms with Gasteiger partial charge >= 0.3 is 0 Å². The van der Waals surface area contributed by atoms with E-state index in [0.29, 0.717) is 6.61 Å². The summed E-state index contributed by atoms with van der Waals surface area (Å²) in [5.74, 6) is 1.05. The molecule has 0 spiro atoms. The summed E-state index contributed by atoms with van der Waals surface area (Å²) < 4.78 is 5.68. The normalized spacial score (nSPS) is 16.4. The third-order valence-corrected chi connectivity index (χ3v) is 3.63. The number of ether oxygens (including phenoxy) is 1. The second-order valence-corrected chi connectivity index (χ2v) is 4.94. The fourth-order valence-corrected chi connectivity index (χ4v) is 2.41. The highest BCUT2D eigenvalue weighted by Crippen LogP contribution is 2.07. The second-order valence-electron chi connectivity index (χ2n) is 4.68. The maximum Gasteiger partial charge on any atom is 0.237 e. The zero-order valence-electron chi connectivity index (χ0n) is 11.0. The van der Waals surface area contributed by atoms with E-state index in [2.05, 4.69) is 0 Å². The first-order chi connectivity index (χ1) is 9.29. The van der Waals surface area contributed by atoms with E-state index in [1.165, 1.54) is 4.90 Å². The Morgan fingerprint density at radius 3 is 2.58 bits per heavy atom. The van der Waals surface area contributed by atoms with Crippen LogP contribution in [0.5, 0.6) is 5.75 Å². The summed E-state index contributed by atoms with van der Waals surface area (Å²) >= 11 is 5.56. The summed E-state index contributed by atoms with van der Waals surface area (Å²) in [6, 6.07) is 9.85. The Labute approximate surface area is 118 Å². The van der Waals surface area contributed by atoms with Crippen LogP contribution in [0.15, 0.2) is 30.3 Å². The van der Waals surface area contributed by atoms with E-state index in [4.69, 9.17) is 16.3 Å². The van der Waals surface area contributed by atoms with Crippen LogP contribution in [0.1, 0.15) is 0 Å². The van der Waals surface area contributed by atoms with Gasteiger partial charge in [-0.15, -0.1) is 11.6 Å². The van der Waals surface area contributed by atoms with Crippen LogP contribution in [-0.4, -0.2) is 56.0 Å². The van der Waals surface area contributed by atoms with Gasteiger partial charge in [-0.05, 0) is 12.1 Å². The molecule has 0 bridgehead atoms. The number of rotatable bonds is 5. The van der Waals surface area contributed by atoms with E-state index in [0.717, 1.165) is 38.5 Å². The van der Waals surface area contributed by atoms with Crippen molar-refractivity contribution >= 4 is 17.5 Å². The number of piperazine rings is 1. The number of hydrogen-bond donors (Lipinski definition) is 1. The molecule has 0 saturated carbocycles. The molecule has 1 fully saturated rings. The van der Waals surface area contributed by atoms with Gasteiger partial charge in [0.1, 0.15) is 24.8 Å². The van der Waals surface area contributed by atoms with Crippen molar-refractivity contribution in [3.63, 3.8) is 0 Å². The number of carbonyl (C=O) groups excluding carboxylic acids is 1. The monoisotopic (exact) mass is 283 g/mol. The van der Waals surface area contributed by atoms with Gasteiger partial charge in [-0.3, -0.25) is 4.79 Å². The number of benzene rings is 1. The van der Waals surface area contributed by atoms with Crippen LogP contribution in [-0.2, 0) is 4.79 Å². The van der Waals surface area contributed by atoms with Crippen molar-refractivity contribution < 1.29 is 14.4 Å². The average Bonchev–Trinajstić information content (AvgIpc) is 2.48. The summed E-state index contributed by atoms with van der Waals surface area (Å²) in [7, 11) is 0. The molecule has 19 heavy (non-hydrogen) atoms. The van der Waals surface area contributed by atoms with E-state index in [1.807, 2.05) is 35.2 Å². The van der Waals surface area contributed by atoms with Gasteiger partial charge in [-0.1, -0.05) is 18.2 Å². The molecule has 5 heteroatoms. The van der Waals surface area contributed by atoms with Crippen LogP contribution in [0.3, 0.4) is 0 Å². The molecule has 0 aliphatic carbocycles. The first-order valence-electron chi connectivity index (χ1n) is 6.65. The molecule has 0 aromatic heterocycles. The highest BCUT2D eigenvalue weighted by atomic mass is 35.5. The van der Waals surface area contributed by atoms with Gasteiger partial charge in [0.2, 0.25) is 5.91 Å². The van der Waals surface area contributed by atoms with Gasteiger partial charge in [-0.2, -0.15) is 0 Å². The molecule has 2 rings (SSSR count). The fourth-order valence-electron chi connectivity index (χ4n) is 2.24. The number of nitrogens with zero attached hydrogens (tertiary/aromatic N) is 1. The Balaban J connectivity index is 1.65. The van der Waals surface area contributed by atoms with Crippen molar-refractivity contribution in [1.82, 2.24) is 4.90 Å². The zero-order chi connectivity index (χ0) is 13.5. The Bertz CT molecular complexity index is 392. The Hall–Kier alpha value is -1.26. The molecule has 104 valence electrons. The van der Waals surface area contributed by atoms with E-state index in [9.17, 15) is 4.79 Å². The van der Waals surface area contributed by atoms with E-state index >= 15 is 0 Å². The molecule has 1 heterocycles. The highest BCUT2D eigenvalue weighted by Gasteiger charge is 2.22. The van der Waals surface area contributed by atoms with Crippen molar-refractivity contribution in [3.8, 4) is 5.75 Å². The van der Waals surface area contributed by atoms with Crippen LogP contribution in [0.4, 0.5) is 0 Å².